The number of ether oxygens (including phenoxy) is 2. The molecule has 1 aromatic rings. The molecule has 1 unspecified atom stereocenters. The van der Waals surface area contributed by atoms with E-state index >= 15 is 0 Å². The molecule has 0 bridgehead atoms. The Morgan fingerprint density at radius 3 is 2.88 bits per heavy atom. The predicted molar refractivity (Wildman–Crippen MR) is 87.9 cm³/mol. The van der Waals surface area contributed by atoms with E-state index in [1.807, 2.05) is 18.2 Å². The number of hydrogen-bond donors (Lipinski definition) is 0. The first-order valence-electron chi connectivity index (χ1n) is 7.97. The molecule has 1 atom stereocenters. The van der Waals surface area contributed by atoms with Gasteiger partial charge in [-0.15, -0.1) is 0 Å². The summed E-state index contributed by atoms with van der Waals surface area (Å²) >= 11 is 5.77. The van der Waals surface area contributed by atoms with Crippen LogP contribution in [0.3, 0.4) is 0 Å². The molecule has 6 heteroatoms. The Labute approximate surface area is 156 Å². The quantitative estimate of drug-likeness (QED) is 0.470. The fourth-order valence-corrected chi connectivity index (χ4v) is 6.77. The number of benzene rings is 1. The molecule has 0 radical (unpaired) electrons. The molecule has 4 nitrogen and oxygen atoms in total. The standard InChI is InChI=1S/C18H18ClINO3/c1-23-16-8-11(2-3-14(16)19)12-9-15(22)18-13(12)10-17(20-18)21-4-6-24-7-5-21/h2-3,8,10,12H,4-7,9H2,1H3/q-1. The van der Waals surface area contributed by atoms with Crippen LogP contribution in [0.15, 0.2) is 37.1 Å². The number of Topliss-reactive ketones (excluding diaryl/α,β-unsaturated/α-hetero) is 1. The molecule has 1 saturated heterocycles. The first-order chi connectivity index (χ1) is 11.7. The Hall–Kier alpha value is -1.05. The molecule has 1 fully saturated rings. The van der Waals surface area contributed by atoms with Crippen molar-refractivity contribution < 1.29 is 35.5 Å². The second kappa shape index (κ2) is 6.69. The van der Waals surface area contributed by atoms with Crippen LogP contribution < -0.4 is 25.9 Å². The number of halogens is 2. The van der Waals surface area contributed by atoms with Gasteiger partial charge in [0.2, 0.25) is 0 Å². The maximum atomic E-state index is 12.5. The molecule has 24 heavy (non-hydrogen) atoms. The summed E-state index contributed by atoms with van der Waals surface area (Å²) in [5.74, 6) is 1.12. The van der Waals surface area contributed by atoms with Crippen LogP contribution in [-0.4, -0.2) is 44.1 Å². The summed E-state index contributed by atoms with van der Waals surface area (Å²) in [5, 5.41) is 0.600. The van der Waals surface area contributed by atoms with E-state index in [-0.39, 0.29) is 27.1 Å². The molecule has 2 heterocycles. The topological polar surface area (TPSA) is 38.8 Å². The summed E-state index contributed by atoms with van der Waals surface area (Å²) in [6, 6.07) is 5.84. The molecule has 0 aromatic heterocycles. The number of allylic oxidation sites excluding steroid dienone is 3. The van der Waals surface area contributed by atoms with Gasteiger partial charge in [-0.25, -0.2) is 0 Å². The minimum atomic E-state index is -0.366. The van der Waals surface area contributed by atoms with Crippen molar-refractivity contribution in [1.82, 2.24) is 4.90 Å². The number of morpholine rings is 1. The number of rotatable bonds is 3. The normalized spacial score (nSPS) is 23.9. The average molecular weight is 459 g/mol. The monoisotopic (exact) mass is 458 g/mol. The molecule has 0 N–H and O–H groups in total. The molecule has 0 spiro atoms. The van der Waals surface area contributed by atoms with E-state index in [2.05, 4.69) is 11.0 Å². The summed E-state index contributed by atoms with van der Waals surface area (Å²) in [6.45, 7) is 3.41. The molecule has 1 aliphatic carbocycles. The van der Waals surface area contributed by atoms with E-state index in [9.17, 15) is 4.79 Å². The van der Waals surface area contributed by atoms with Crippen molar-refractivity contribution in [3.05, 3.63) is 47.7 Å². The SMILES string of the molecule is COc1cc(C2CC(=O)C3=C2C=C(N2CCOCC2)[I-]3)ccc1Cl. The van der Waals surface area contributed by atoms with E-state index in [1.54, 1.807) is 7.11 Å². The molecule has 3 aliphatic rings. The van der Waals surface area contributed by atoms with Crippen molar-refractivity contribution in [3.8, 4) is 5.75 Å². The van der Waals surface area contributed by atoms with E-state index in [1.165, 1.54) is 9.28 Å². The summed E-state index contributed by atoms with van der Waals surface area (Å²) < 4.78 is 13.2. The van der Waals surface area contributed by atoms with Gasteiger partial charge in [0.15, 0.2) is 0 Å². The van der Waals surface area contributed by atoms with E-state index < -0.39 is 0 Å². The first-order valence-corrected chi connectivity index (χ1v) is 10.5. The Kier molecular flexibility index (Phi) is 4.58. The number of nitrogens with zero attached hydrogens (tertiary/aromatic N) is 1. The van der Waals surface area contributed by atoms with E-state index in [0.29, 0.717) is 23.0 Å². The number of ketones is 1. The van der Waals surface area contributed by atoms with Gasteiger partial charge in [0.05, 0.1) is 0 Å². The summed E-state index contributed by atoms with van der Waals surface area (Å²) in [4.78, 5) is 14.9. The van der Waals surface area contributed by atoms with Crippen molar-refractivity contribution >= 4 is 17.4 Å². The zero-order valence-electron chi connectivity index (χ0n) is 13.4. The fraction of sp³-hybridized carbons (Fsp3) is 0.389. The number of carbonyl (C=O) groups excluding carboxylic acids is 1. The Morgan fingerprint density at radius 2 is 2.12 bits per heavy atom. The van der Waals surface area contributed by atoms with Gasteiger partial charge in [-0.3, -0.25) is 0 Å². The maximum absolute atomic E-state index is 12.5. The van der Waals surface area contributed by atoms with Gasteiger partial charge in [0.25, 0.3) is 0 Å². The number of carbonyl (C=O) groups is 1. The van der Waals surface area contributed by atoms with Crippen LogP contribution in [-0.2, 0) is 9.53 Å². The summed E-state index contributed by atoms with van der Waals surface area (Å²) in [5.41, 5.74) is 2.33. The average Bonchev–Trinajstić information content (AvgIpc) is 3.17. The first kappa shape index (κ1) is 16.4. The van der Waals surface area contributed by atoms with Gasteiger partial charge in [0, 0.05) is 0 Å². The zero-order chi connectivity index (χ0) is 16.7. The van der Waals surface area contributed by atoms with E-state index in [4.69, 9.17) is 21.1 Å². The van der Waals surface area contributed by atoms with Crippen LogP contribution in [0.1, 0.15) is 17.9 Å². The van der Waals surface area contributed by atoms with Crippen LogP contribution in [0.4, 0.5) is 0 Å². The van der Waals surface area contributed by atoms with Crippen LogP contribution >= 0.6 is 11.6 Å². The molecule has 4 rings (SSSR count). The zero-order valence-corrected chi connectivity index (χ0v) is 16.3. The second-order valence-electron chi connectivity index (χ2n) is 6.00. The number of methoxy groups -OCH3 is 1. The fourth-order valence-electron chi connectivity index (χ4n) is 3.34. The second-order valence-corrected chi connectivity index (χ2v) is 9.13. The Morgan fingerprint density at radius 1 is 1.33 bits per heavy atom. The van der Waals surface area contributed by atoms with E-state index in [0.717, 1.165) is 35.4 Å². The molecule has 2 aliphatic heterocycles. The Bertz CT molecular complexity index is 753. The van der Waals surface area contributed by atoms with Crippen molar-refractivity contribution in [2.45, 2.75) is 12.3 Å². The van der Waals surface area contributed by atoms with Crippen LogP contribution in [0, 0.1) is 0 Å². The minimum absolute atomic E-state index is 0.136. The third-order valence-electron chi connectivity index (χ3n) is 4.62. The van der Waals surface area contributed by atoms with Crippen molar-refractivity contribution in [2.24, 2.45) is 0 Å². The van der Waals surface area contributed by atoms with Crippen LogP contribution in [0.5, 0.6) is 5.75 Å². The molecule has 1 aromatic carbocycles. The van der Waals surface area contributed by atoms with Crippen molar-refractivity contribution in [2.75, 3.05) is 33.4 Å². The third kappa shape index (κ3) is 2.86. The third-order valence-corrected chi connectivity index (χ3v) is 8.24. The molecule has 0 saturated carbocycles. The van der Waals surface area contributed by atoms with Gasteiger partial charge in [-0.2, -0.15) is 0 Å². The van der Waals surface area contributed by atoms with Gasteiger partial charge in [-0.1, -0.05) is 0 Å². The molecule has 128 valence electrons. The number of hydrogen-bond acceptors (Lipinski definition) is 4. The van der Waals surface area contributed by atoms with Crippen LogP contribution in [0.25, 0.3) is 0 Å². The van der Waals surface area contributed by atoms with Gasteiger partial charge >= 0.3 is 157 Å². The van der Waals surface area contributed by atoms with Crippen molar-refractivity contribution in [1.29, 1.82) is 0 Å². The summed E-state index contributed by atoms with van der Waals surface area (Å²) in [7, 11) is 1.62. The molecular formula is C18H18ClINO3-. The summed E-state index contributed by atoms with van der Waals surface area (Å²) in [6.07, 6.45) is 2.84. The van der Waals surface area contributed by atoms with Gasteiger partial charge in [-0.05, 0) is 0 Å². The van der Waals surface area contributed by atoms with Gasteiger partial charge in [0.1, 0.15) is 0 Å². The molecular weight excluding hydrogens is 441 g/mol. The molecule has 0 amide bonds. The Balaban J connectivity index is 1.63. The van der Waals surface area contributed by atoms with Gasteiger partial charge < -0.3 is 0 Å². The predicted octanol–water partition coefficient (Wildman–Crippen LogP) is -0.0647. The van der Waals surface area contributed by atoms with Crippen LogP contribution in [0.2, 0.25) is 5.02 Å². The van der Waals surface area contributed by atoms with Crippen molar-refractivity contribution in [3.63, 3.8) is 0 Å².